The molecule has 0 aromatic heterocycles. The van der Waals surface area contributed by atoms with Gasteiger partial charge < -0.3 is 25.2 Å². The number of carbonyl (C=O) groups is 3. The fourth-order valence-electron chi connectivity index (χ4n) is 4.74. The molecule has 0 unspecified atom stereocenters. The third-order valence-electron chi connectivity index (χ3n) is 6.69. The van der Waals surface area contributed by atoms with Gasteiger partial charge in [0.1, 0.15) is 11.6 Å². The topological polar surface area (TPSA) is 114 Å². The van der Waals surface area contributed by atoms with Crippen molar-refractivity contribution in [2.24, 2.45) is 0 Å². The first kappa shape index (κ1) is 30.5. The highest BCUT2D eigenvalue weighted by molar-refractivity contribution is 6.51. The molecular weight excluding hydrogens is 570 g/mol. The Labute approximate surface area is 245 Å². The van der Waals surface area contributed by atoms with Gasteiger partial charge >= 0.3 is 0 Å². The number of ether oxygens (including phenoxy) is 2. The summed E-state index contributed by atoms with van der Waals surface area (Å²) < 4.78 is 37.0. The van der Waals surface area contributed by atoms with Gasteiger partial charge in [-0.2, -0.15) is 0 Å². The molecule has 7 rings (SSSR count). The molecule has 3 aliphatic heterocycles. The number of benzene rings is 4. The van der Waals surface area contributed by atoms with E-state index in [9.17, 15) is 23.2 Å². The fourth-order valence-corrected chi connectivity index (χ4v) is 4.74. The third-order valence-corrected chi connectivity index (χ3v) is 6.69. The number of amides is 2. The molecule has 0 atom stereocenters. The second-order valence-electron chi connectivity index (χ2n) is 9.09. The number of nitrogens with one attached hydrogen (secondary N) is 2. The van der Waals surface area contributed by atoms with Crippen molar-refractivity contribution in [3.05, 3.63) is 108 Å². The second kappa shape index (κ2) is 12.6. The number of aliphatic hydroxyl groups excluding tert-OH is 1. The van der Waals surface area contributed by atoms with E-state index in [1.807, 2.05) is 18.2 Å². The Hall–Kier alpha value is -4.48. The van der Waals surface area contributed by atoms with Gasteiger partial charge in [0.25, 0.3) is 23.4 Å². The maximum Gasteiger partial charge on any atom is 0.296 e. The van der Waals surface area contributed by atoms with Crippen LogP contribution in [-0.2, 0) is 24.8 Å². The van der Waals surface area contributed by atoms with Crippen molar-refractivity contribution >= 4 is 41.4 Å². The Bertz CT molecular complexity index is 1640. The summed E-state index contributed by atoms with van der Waals surface area (Å²) in [4.78, 5) is 34.9. The van der Waals surface area contributed by atoms with Crippen LogP contribution < -0.4 is 10.6 Å². The molecule has 42 heavy (non-hydrogen) atoms. The van der Waals surface area contributed by atoms with E-state index in [2.05, 4.69) is 10.6 Å². The zero-order chi connectivity index (χ0) is 29.1. The summed E-state index contributed by atoms with van der Waals surface area (Å²) in [5.74, 6) is -3.37. The number of hydrogen-bond donors (Lipinski definition) is 3. The molecule has 0 saturated carbocycles. The van der Waals surface area contributed by atoms with Crippen molar-refractivity contribution in [3.8, 4) is 22.3 Å². The van der Waals surface area contributed by atoms with Crippen LogP contribution in [0.3, 0.4) is 0 Å². The first-order valence-corrected chi connectivity index (χ1v) is 12.5. The van der Waals surface area contributed by atoms with E-state index in [1.54, 1.807) is 42.5 Å². The fraction of sp³-hybridized carbons (Fsp3) is 0.129. The number of carbonyl (C=O) groups excluding carboxylic acids is 3. The average Bonchev–Trinajstić information content (AvgIpc) is 3.68. The summed E-state index contributed by atoms with van der Waals surface area (Å²) >= 11 is 0. The number of Topliss-reactive ketones (excluding diaryl/α,β-unsaturated/α-hetero) is 1. The molecule has 1 fully saturated rings. The van der Waals surface area contributed by atoms with Crippen molar-refractivity contribution in [1.82, 2.24) is 0 Å². The second-order valence-corrected chi connectivity index (χ2v) is 9.09. The molecule has 0 radical (unpaired) electrons. The minimum atomic E-state index is -1.33. The zero-order valence-electron chi connectivity index (χ0n) is 22.1. The number of halogens is 3. The molecule has 3 heterocycles. The smallest absolute Gasteiger partial charge is 0.296 e. The molecule has 2 amide bonds. The summed E-state index contributed by atoms with van der Waals surface area (Å²) in [6.45, 7) is 0.765. The SMILES string of the molecule is CO.Cl.O=C1Nc2ccc(-c3ccc(F)cc3)cc2C12OCCO2.O=C1Nc2ccc(-c3ccc(F)cc3)cc2C1=O. The summed E-state index contributed by atoms with van der Waals surface area (Å²) in [5.41, 5.74) is 5.57. The Morgan fingerprint density at radius 1 is 0.667 bits per heavy atom. The molecule has 1 saturated heterocycles. The van der Waals surface area contributed by atoms with Crippen LogP contribution in [0.25, 0.3) is 22.3 Å². The first-order valence-electron chi connectivity index (χ1n) is 12.5. The Morgan fingerprint density at radius 2 is 1.14 bits per heavy atom. The highest BCUT2D eigenvalue weighted by atomic mass is 35.5. The molecule has 4 aromatic carbocycles. The maximum absolute atomic E-state index is 13.0. The summed E-state index contributed by atoms with van der Waals surface area (Å²) in [6.07, 6.45) is 0. The van der Waals surface area contributed by atoms with Crippen LogP contribution in [0.2, 0.25) is 0 Å². The molecule has 11 heteroatoms. The Kier molecular flexibility index (Phi) is 9.13. The van der Waals surface area contributed by atoms with E-state index in [1.165, 1.54) is 24.3 Å². The average molecular weight is 595 g/mol. The van der Waals surface area contributed by atoms with Crippen molar-refractivity contribution in [2.45, 2.75) is 5.79 Å². The van der Waals surface area contributed by atoms with Gasteiger partial charge in [-0.1, -0.05) is 36.4 Å². The van der Waals surface area contributed by atoms with Gasteiger partial charge in [0.15, 0.2) is 0 Å². The molecule has 0 bridgehead atoms. The lowest BCUT2D eigenvalue weighted by atomic mass is 9.99. The van der Waals surface area contributed by atoms with E-state index in [4.69, 9.17) is 14.6 Å². The van der Waals surface area contributed by atoms with Gasteiger partial charge in [-0.25, -0.2) is 8.78 Å². The molecule has 8 nitrogen and oxygen atoms in total. The van der Waals surface area contributed by atoms with E-state index in [0.717, 1.165) is 29.4 Å². The van der Waals surface area contributed by atoms with E-state index >= 15 is 0 Å². The molecule has 0 aliphatic carbocycles. The number of rotatable bonds is 2. The van der Waals surface area contributed by atoms with Crippen molar-refractivity contribution in [3.63, 3.8) is 0 Å². The van der Waals surface area contributed by atoms with Gasteiger partial charge in [-0.15, -0.1) is 12.4 Å². The Morgan fingerprint density at radius 3 is 1.69 bits per heavy atom. The largest absolute Gasteiger partial charge is 0.400 e. The molecule has 3 aliphatic rings. The van der Waals surface area contributed by atoms with Gasteiger partial charge in [-0.05, 0) is 70.8 Å². The van der Waals surface area contributed by atoms with Gasteiger partial charge in [-0.3, -0.25) is 14.4 Å². The molecule has 4 aromatic rings. The lowest BCUT2D eigenvalue weighted by molar-refractivity contribution is -0.178. The molecule has 216 valence electrons. The molecular formula is C31H25ClF2N2O6. The molecule has 1 spiro atoms. The third kappa shape index (κ3) is 5.65. The Balaban J connectivity index is 0.000000180. The van der Waals surface area contributed by atoms with Crippen LogP contribution >= 0.6 is 12.4 Å². The number of fused-ring (bicyclic) bond motifs is 3. The van der Waals surface area contributed by atoms with Crippen LogP contribution in [-0.4, -0.2) is 43.0 Å². The first-order chi connectivity index (χ1) is 19.8. The summed E-state index contributed by atoms with van der Waals surface area (Å²) in [7, 11) is 1.00. The zero-order valence-corrected chi connectivity index (χ0v) is 23.0. The van der Waals surface area contributed by atoms with Crippen LogP contribution in [0.15, 0.2) is 84.9 Å². The minimum absolute atomic E-state index is 0. The number of ketones is 1. The monoisotopic (exact) mass is 594 g/mol. The summed E-state index contributed by atoms with van der Waals surface area (Å²) in [6, 6.07) is 22.8. The van der Waals surface area contributed by atoms with Gasteiger partial charge in [0.05, 0.1) is 30.2 Å². The predicted molar refractivity (Wildman–Crippen MR) is 154 cm³/mol. The standard InChI is InChI=1S/C16H12FNO3.C14H8FNO2.CH4O.ClH/c17-12-4-1-10(2-5-12)11-3-6-14-13(9-11)16(15(19)18-14)20-7-8-21-16;15-10-4-1-8(2-5-10)9-3-6-12-11(7-9)13(17)14(18)16-12;1-2;/h1-6,9H,7-8H2,(H,18,19);1-7H,(H,16,17,18);2H,1H3;1H. The van der Waals surface area contributed by atoms with Gasteiger partial charge in [0, 0.05) is 12.7 Å². The normalized spacial score (nSPS) is 15.3. The van der Waals surface area contributed by atoms with Crippen LogP contribution in [0.5, 0.6) is 0 Å². The van der Waals surface area contributed by atoms with E-state index < -0.39 is 17.5 Å². The lowest BCUT2D eigenvalue weighted by Gasteiger charge is -2.19. The number of anilines is 2. The quantitative estimate of drug-likeness (QED) is 0.271. The van der Waals surface area contributed by atoms with E-state index in [-0.39, 0.29) is 29.9 Å². The van der Waals surface area contributed by atoms with E-state index in [0.29, 0.717) is 35.7 Å². The van der Waals surface area contributed by atoms with Crippen molar-refractivity contribution in [2.75, 3.05) is 31.0 Å². The van der Waals surface area contributed by atoms with Crippen molar-refractivity contribution < 1.29 is 37.7 Å². The highest BCUT2D eigenvalue weighted by Gasteiger charge is 2.52. The predicted octanol–water partition coefficient (Wildman–Crippen LogP) is 5.30. The van der Waals surface area contributed by atoms with Crippen LogP contribution in [0.1, 0.15) is 15.9 Å². The van der Waals surface area contributed by atoms with Crippen molar-refractivity contribution in [1.29, 1.82) is 0 Å². The number of aliphatic hydroxyl groups is 1. The van der Waals surface area contributed by atoms with Crippen LogP contribution in [0.4, 0.5) is 20.2 Å². The molecule has 3 N–H and O–H groups in total. The van der Waals surface area contributed by atoms with Crippen LogP contribution in [0, 0.1) is 11.6 Å². The summed E-state index contributed by atoms with van der Waals surface area (Å²) in [5, 5.41) is 12.3. The number of hydrogen-bond acceptors (Lipinski definition) is 6. The highest BCUT2D eigenvalue weighted by Crippen LogP contribution is 2.43. The minimum Gasteiger partial charge on any atom is -0.400 e. The maximum atomic E-state index is 13.0. The lowest BCUT2D eigenvalue weighted by Crippen LogP contribution is -2.35. The van der Waals surface area contributed by atoms with Gasteiger partial charge in [0.2, 0.25) is 0 Å².